The third kappa shape index (κ3) is 4.52. The zero-order valence-corrected chi connectivity index (χ0v) is 21.7. The van der Waals surface area contributed by atoms with Gasteiger partial charge >= 0.3 is 0 Å². The lowest BCUT2D eigenvalue weighted by molar-refractivity contribution is -0.128. The monoisotopic (exact) mass is 503 g/mol. The Morgan fingerprint density at radius 1 is 1.11 bits per heavy atom. The topological polar surface area (TPSA) is 95.5 Å². The number of nitrogens with zero attached hydrogens (tertiary/aromatic N) is 7. The van der Waals surface area contributed by atoms with E-state index in [4.69, 9.17) is 0 Å². The molecular weight excluding hydrogens is 473 g/mol. The van der Waals surface area contributed by atoms with Gasteiger partial charge in [0.2, 0.25) is 5.84 Å². The summed E-state index contributed by atoms with van der Waals surface area (Å²) >= 11 is 0. The van der Waals surface area contributed by atoms with Gasteiger partial charge in [-0.05, 0) is 44.4 Å². The molecule has 2 aromatic heterocycles. The first-order valence-corrected chi connectivity index (χ1v) is 12.4. The van der Waals surface area contributed by atoms with Gasteiger partial charge in [0, 0.05) is 37.0 Å². The van der Waals surface area contributed by atoms with E-state index in [1.165, 1.54) is 6.07 Å². The molecular formula is C27H30FN7O2. The Labute approximate surface area is 214 Å². The van der Waals surface area contributed by atoms with E-state index in [1.807, 2.05) is 39.8 Å². The summed E-state index contributed by atoms with van der Waals surface area (Å²) in [6, 6.07) is 6.95. The van der Waals surface area contributed by atoms with Crippen LogP contribution in [0.1, 0.15) is 55.2 Å². The number of hydrogen-bond donors (Lipinski definition) is 0. The third-order valence-corrected chi connectivity index (χ3v) is 6.92. The van der Waals surface area contributed by atoms with Crippen molar-refractivity contribution in [1.29, 1.82) is 0 Å². The third-order valence-electron chi connectivity index (χ3n) is 6.92. The van der Waals surface area contributed by atoms with Crippen LogP contribution < -0.4 is 0 Å². The van der Waals surface area contributed by atoms with Crippen LogP contribution in [-0.4, -0.2) is 80.0 Å². The van der Waals surface area contributed by atoms with E-state index in [1.54, 1.807) is 39.7 Å². The van der Waals surface area contributed by atoms with Crippen molar-refractivity contribution in [3.05, 3.63) is 53.1 Å². The summed E-state index contributed by atoms with van der Waals surface area (Å²) in [5, 5.41) is 4.66. The lowest BCUT2D eigenvalue weighted by atomic mass is 9.98. The number of carbonyl (C=O) groups excluding carboxylic acids is 2. The highest BCUT2D eigenvalue weighted by Crippen LogP contribution is 2.28. The molecule has 2 aliphatic heterocycles. The zero-order valence-electron chi connectivity index (χ0n) is 21.7. The molecule has 0 N–H and O–H groups in total. The van der Waals surface area contributed by atoms with E-state index < -0.39 is 5.54 Å². The molecule has 1 aromatic carbocycles. The molecule has 2 amide bonds. The molecule has 192 valence electrons. The van der Waals surface area contributed by atoms with Crippen LogP contribution in [-0.2, 0) is 4.79 Å². The van der Waals surface area contributed by atoms with Gasteiger partial charge in [0.1, 0.15) is 11.5 Å². The van der Waals surface area contributed by atoms with Crippen molar-refractivity contribution >= 4 is 29.5 Å². The average Bonchev–Trinajstić information content (AvgIpc) is 3.54. The van der Waals surface area contributed by atoms with Crippen LogP contribution in [0.2, 0.25) is 0 Å². The number of aryl methyl sites for hydroxylation is 1. The number of hydrogen-bond acceptors (Lipinski definition) is 6. The van der Waals surface area contributed by atoms with Gasteiger partial charge < -0.3 is 9.80 Å². The normalized spacial score (nSPS) is 17.1. The van der Waals surface area contributed by atoms with Crippen molar-refractivity contribution in [1.82, 2.24) is 24.4 Å². The predicted octanol–water partition coefficient (Wildman–Crippen LogP) is 3.51. The second-order valence-corrected chi connectivity index (χ2v) is 10.5. The van der Waals surface area contributed by atoms with Crippen molar-refractivity contribution in [2.75, 3.05) is 26.2 Å². The molecule has 3 aromatic rings. The van der Waals surface area contributed by atoms with Gasteiger partial charge in [-0.2, -0.15) is 5.10 Å². The lowest BCUT2D eigenvalue weighted by Gasteiger charge is -2.46. The summed E-state index contributed by atoms with van der Waals surface area (Å²) in [6.07, 6.45) is 3.24. The maximum Gasteiger partial charge on any atom is 0.291 e. The van der Waals surface area contributed by atoms with Crippen molar-refractivity contribution in [3.63, 3.8) is 0 Å². The summed E-state index contributed by atoms with van der Waals surface area (Å²) in [7, 11) is 0. The minimum absolute atomic E-state index is 0.108. The summed E-state index contributed by atoms with van der Waals surface area (Å²) < 4.78 is 15.9. The number of aliphatic imine (C=N–C) groups is 2. The van der Waals surface area contributed by atoms with Crippen LogP contribution in [0.5, 0.6) is 0 Å². The molecule has 1 fully saturated rings. The Hall–Kier alpha value is -3.95. The first-order chi connectivity index (χ1) is 17.5. The molecule has 4 heterocycles. The summed E-state index contributed by atoms with van der Waals surface area (Å²) in [4.78, 5) is 42.7. The smallest absolute Gasteiger partial charge is 0.291 e. The van der Waals surface area contributed by atoms with Gasteiger partial charge in [-0.3, -0.25) is 14.6 Å². The highest BCUT2D eigenvalue weighted by atomic mass is 19.1. The van der Waals surface area contributed by atoms with E-state index in [0.29, 0.717) is 48.6 Å². The van der Waals surface area contributed by atoms with E-state index >= 15 is 0 Å². The lowest BCUT2D eigenvalue weighted by Crippen LogP contribution is -2.62. The SMILES string of the molecule is Cc1ccc(-c2cc(C(C)C)c3nc(C(=O)N4CCN(C(=O)C5=NCC=N5)CC4(C)C)cn3n2)cc1F. The molecule has 0 saturated carbocycles. The second kappa shape index (κ2) is 9.17. The molecule has 0 unspecified atom stereocenters. The fraction of sp³-hybridized carbons (Fsp3) is 0.407. The van der Waals surface area contributed by atoms with Gasteiger partial charge in [-0.25, -0.2) is 18.9 Å². The van der Waals surface area contributed by atoms with E-state index in [-0.39, 0.29) is 35.1 Å². The summed E-state index contributed by atoms with van der Waals surface area (Å²) in [6.45, 7) is 11.2. The first-order valence-electron chi connectivity index (χ1n) is 12.4. The van der Waals surface area contributed by atoms with Crippen molar-refractivity contribution in [2.24, 2.45) is 9.98 Å². The fourth-order valence-electron chi connectivity index (χ4n) is 4.82. The quantitative estimate of drug-likeness (QED) is 0.544. The van der Waals surface area contributed by atoms with E-state index in [2.05, 4.69) is 20.1 Å². The van der Waals surface area contributed by atoms with Crippen LogP contribution in [0.25, 0.3) is 16.9 Å². The molecule has 10 heteroatoms. The molecule has 0 aliphatic carbocycles. The van der Waals surface area contributed by atoms with Crippen molar-refractivity contribution < 1.29 is 14.0 Å². The molecule has 0 atom stereocenters. The van der Waals surface area contributed by atoms with Crippen LogP contribution in [0.15, 0.2) is 40.4 Å². The van der Waals surface area contributed by atoms with Crippen LogP contribution in [0.3, 0.4) is 0 Å². The molecule has 0 radical (unpaired) electrons. The molecule has 5 rings (SSSR count). The van der Waals surface area contributed by atoms with Gasteiger partial charge in [0.05, 0.1) is 24.0 Å². The Morgan fingerprint density at radius 2 is 1.89 bits per heavy atom. The number of rotatable bonds is 4. The average molecular weight is 504 g/mol. The number of fused-ring (bicyclic) bond motifs is 1. The van der Waals surface area contributed by atoms with Gasteiger partial charge in [0.25, 0.3) is 11.8 Å². The molecule has 37 heavy (non-hydrogen) atoms. The molecule has 2 aliphatic rings. The number of halogens is 1. The second-order valence-electron chi connectivity index (χ2n) is 10.5. The number of benzene rings is 1. The van der Waals surface area contributed by atoms with Crippen molar-refractivity contribution in [3.8, 4) is 11.3 Å². The predicted molar refractivity (Wildman–Crippen MR) is 140 cm³/mol. The number of amides is 2. The Morgan fingerprint density at radius 3 is 2.54 bits per heavy atom. The fourth-order valence-corrected chi connectivity index (χ4v) is 4.82. The molecule has 1 saturated heterocycles. The number of amidine groups is 1. The highest BCUT2D eigenvalue weighted by Gasteiger charge is 2.40. The maximum atomic E-state index is 14.3. The minimum atomic E-state index is -0.622. The standard InChI is InChI=1S/C27H30FN7O2/c1-16(2)19-13-21(18-7-6-17(3)20(28)12-18)32-35-14-22(31-24(19)35)25(36)34-11-10-33(15-27(34,4)5)26(37)23-29-8-9-30-23/h6-8,12-14,16H,9-11,15H2,1-5H3. The zero-order chi connectivity index (χ0) is 26.5. The summed E-state index contributed by atoms with van der Waals surface area (Å²) in [5.41, 5.74) is 3.00. The number of aromatic nitrogens is 3. The van der Waals surface area contributed by atoms with Crippen LogP contribution in [0.4, 0.5) is 4.39 Å². The van der Waals surface area contributed by atoms with Crippen LogP contribution in [0, 0.1) is 12.7 Å². The first kappa shape index (κ1) is 24.7. The van der Waals surface area contributed by atoms with Crippen LogP contribution >= 0.6 is 0 Å². The van der Waals surface area contributed by atoms with Gasteiger partial charge in [-0.1, -0.05) is 26.0 Å². The van der Waals surface area contributed by atoms with Crippen molar-refractivity contribution in [2.45, 2.75) is 46.1 Å². The van der Waals surface area contributed by atoms with Gasteiger partial charge in [0.15, 0.2) is 5.65 Å². The maximum absolute atomic E-state index is 14.3. The number of imidazole rings is 1. The molecule has 0 spiro atoms. The Kier molecular flexibility index (Phi) is 6.13. The summed E-state index contributed by atoms with van der Waals surface area (Å²) in [5.74, 6) is -0.410. The number of piperazine rings is 1. The Balaban J connectivity index is 1.45. The molecule has 9 nitrogen and oxygen atoms in total. The highest BCUT2D eigenvalue weighted by molar-refractivity contribution is 6.40. The van der Waals surface area contributed by atoms with E-state index in [9.17, 15) is 14.0 Å². The largest absolute Gasteiger partial charge is 0.332 e. The Bertz CT molecular complexity index is 1470. The molecule has 0 bridgehead atoms. The minimum Gasteiger partial charge on any atom is -0.332 e. The van der Waals surface area contributed by atoms with E-state index in [0.717, 1.165) is 5.56 Å². The van der Waals surface area contributed by atoms with Gasteiger partial charge in [-0.15, -0.1) is 0 Å². The number of carbonyl (C=O) groups is 2.